The number of carbonyl (C=O) groups excluding carboxylic acids is 2. The zero-order chi connectivity index (χ0) is 38.9. The zero-order valence-corrected chi connectivity index (χ0v) is 33.2. The molecule has 0 saturated carbocycles. The number of aromatic nitrogens is 4. The van der Waals surface area contributed by atoms with E-state index in [0.29, 0.717) is 24.7 Å². The molecule has 2 aliphatic rings. The largest absolute Gasteiger partial charge is 0.340 e. The quantitative estimate of drug-likeness (QED) is 0.151. The van der Waals surface area contributed by atoms with E-state index in [1.165, 1.54) is 0 Å². The summed E-state index contributed by atoms with van der Waals surface area (Å²) in [5.41, 5.74) is 5.60. The molecule has 0 bridgehead atoms. The zero-order valence-electron chi connectivity index (χ0n) is 31.5. The van der Waals surface area contributed by atoms with Crippen molar-refractivity contribution in [2.45, 2.75) is 77.5 Å². The van der Waals surface area contributed by atoms with E-state index in [-0.39, 0.29) is 35.7 Å². The molecule has 4 heterocycles. The summed E-state index contributed by atoms with van der Waals surface area (Å²) in [6.07, 6.45) is 8.75. The fraction of sp³-hybridized carbons (Fsp3) is 0.474. The van der Waals surface area contributed by atoms with Gasteiger partial charge in [0.2, 0.25) is 31.9 Å². The van der Waals surface area contributed by atoms with Crippen LogP contribution in [0.3, 0.4) is 0 Å². The standard InChI is InChI=1S/C38H50N8O6S2/c1-23(2)33(43-53(5,49)50)37(47)45-19-7-9-31(45)35-39-21-29(41-35)27-15-11-25(12-16-27)26-13-17-28(18-14-26)30-22-40-36(42-30)32-10-8-20-46(32)38(48)34(24(3)4)44-54(6,51)52/h11-18,21-24,31-34,43-44H,7-10,19-20H2,1-6H3,(H,39,41)(H,40,42)/t31-,32-,33-,34-/m0/s1. The Balaban J connectivity index is 1.12. The van der Waals surface area contributed by atoms with E-state index < -0.39 is 32.1 Å². The molecule has 2 aliphatic heterocycles. The second-order valence-corrected chi connectivity index (χ2v) is 18.7. The van der Waals surface area contributed by atoms with Crippen LogP contribution in [0.4, 0.5) is 0 Å². The molecule has 4 aromatic rings. The molecule has 4 N–H and O–H groups in total. The van der Waals surface area contributed by atoms with Gasteiger partial charge in [0.25, 0.3) is 0 Å². The third-order valence-corrected chi connectivity index (χ3v) is 11.5. The maximum absolute atomic E-state index is 13.5. The second-order valence-electron chi connectivity index (χ2n) is 15.1. The Kier molecular flexibility index (Phi) is 11.5. The molecule has 2 fully saturated rings. The van der Waals surface area contributed by atoms with Crippen molar-refractivity contribution in [2.75, 3.05) is 25.6 Å². The molecule has 16 heteroatoms. The number of carbonyl (C=O) groups is 2. The summed E-state index contributed by atoms with van der Waals surface area (Å²) in [7, 11) is -7.12. The van der Waals surface area contributed by atoms with E-state index in [2.05, 4.69) is 29.4 Å². The summed E-state index contributed by atoms with van der Waals surface area (Å²) in [4.78, 5) is 46.5. The van der Waals surface area contributed by atoms with E-state index in [9.17, 15) is 26.4 Å². The SMILES string of the molecule is CC(C)[C@H](NS(C)(=O)=O)C(=O)N1CCC[C@H]1c1ncc(-c2ccc(-c3ccc(-c4cnc([C@@H]5CCCN5C(=O)[C@@H](NS(C)(=O)=O)C(C)C)[nH]4)cc3)cc2)[nH]1. The Hall–Kier alpha value is -4.38. The smallest absolute Gasteiger partial charge is 0.241 e. The maximum atomic E-state index is 13.5. The first-order chi connectivity index (χ1) is 25.5. The molecule has 290 valence electrons. The van der Waals surface area contributed by atoms with Crippen LogP contribution in [0.1, 0.15) is 77.1 Å². The number of imidazole rings is 2. The highest BCUT2D eigenvalue weighted by Crippen LogP contribution is 2.35. The Morgan fingerprint density at radius 2 is 0.963 bits per heavy atom. The maximum Gasteiger partial charge on any atom is 0.241 e. The van der Waals surface area contributed by atoms with Crippen LogP contribution in [0.2, 0.25) is 0 Å². The van der Waals surface area contributed by atoms with Gasteiger partial charge in [0.05, 0.1) is 48.4 Å². The minimum atomic E-state index is -3.56. The average molecular weight is 779 g/mol. The molecule has 2 aromatic heterocycles. The average Bonchev–Trinajstić information content (AvgIpc) is 3.95. The molecule has 2 amide bonds. The van der Waals surface area contributed by atoms with Crippen LogP contribution in [0.15, 0.2) is 60.9 Å². The van der Waals surface area contributed by atoms with Gasteiger partial charge in [0.15, 0.2) is 0 Å². The van der Waals surface area contributed by atoms with Crippen molar-refractivity contribution in [1.82, 2.24) is 39.2 Å². The topological polar surface area (TPSA) is 190 Å². The Morgan fingerprint density at radius 3 is 1.28 bits per heavy atom. The van der Waals surface area contributed by atoms with Gasteiger partial charge in [0.1, 0.15) is 23.7 Å². The number of nitrogens with one attached hydrogen (secondary N) is 4. The van der Waals surface area contributed by atoms with Crippen molar-refractivity contribution < 1.29 is 26.4 Å². The lowest BCUT2D eigenvalue weighted by molar-refractivity contribution is -0.135. The van der Waals surface area contributed by atoms with Gasteiger partial charge in [-0.3, -0.25) is 9.59 Å². The molecule has 54 heavy (non-hydrogen) atoms. The summed E-state index contributed by atoms with van der Waals surface area (Å²) in [6.45, 7) is 8.39. The van der Waals surface area contributed by atoms with Crippen molar-refractivity contribution in [3.63, 3.8) is 0 Å². The number of H-pyrrole nitrogens is 2. The van der Waals surface area contributed by atoms with Crippen LogP contribution in [-0.4, -0.2) is 96.1 Å². The fourth-order valence-electron chi connectivity index (χ4n) is 7.38. The van der Waals surface area contributed by atoms with E-state index in [0.717, 1.165) is 71.8 Å². The van der Waals surface area contributed by atoms with E-state index in [4.69, 9.17) is 0 Å². The number of hydrogen-bond donors (Lipinski definition) is 4. The van der Waals surface area contributed by atoms with E-state index in [1.807, 2.05) is 76.2 Å². The van der Waals surface area contributed by atoms with Crippen LogP contribution in [0, 0.1) is 11.8 Å². The third kappa shape index (κ3) is 8.94. The molecule has 4 atom stereocenters. The summed E-state index contributed by atoms with van der Waals surface area (Å²) < 4.78 is 52.9. The summed E-state index contributed by atoms with van der Waals surface area (Å²) in [5.74, 6) is 0.448. The predicted molar refractivity (Wildman–Crippen MR) is 208 cm³/mol. The van der Waals surface area contributed by atoms with Gasteiger partial charge in [-0.25, -0.2) is 36.2 Å². The number of hydrogen-bond acceptors (Lipinski definition) is 8. The normalized spacial score (nSPS) is 19.2. The molecule has 0 aliphatic carbocycles. The first kappa shape index (κ1) is 39.3. The highest BCUT2D eigenvalue weighted by Gasteiger charge is 2.39. The van der Waals surface area contributed by atoms with Crippen LogP contribution in [0.5, 0.6) is 0 Å². The molecular formula is C38H50N8O6S2. The van der Waals surface area contributed by atoms with E-state index in [1.54, 1.807) is 22.2 Å². The minimum Gasteiger partial charge on any atom is -0.340 e. The van der Waals surface area contributed by atoms with Gasteiger partial charge in [-0.2, -0.15) is 0 Å². The van der Waals surface area contributed by atoms with Gasteiger partial charge >= 0.3 is 0 Å². The Labute approximate surface area is 317 Å². The molecular weight excluding hydrogens is 729 g/mol. The number of benzene rings is 2. The van der Waals surface area contributed by atoms with Crippen LogP contribution in [0.25, 0.3) is 33.6 Å². The number of nitrogens with zero attached hydrogens (tertiary/aromatic N) is 4. The molecule has 0 unspecified atom stereocenters. The van der Waals surface area contributed by atoms with Crippen molar-refractivity contribution in [3.05, 3.63) is 72.6 Å². The molecule has 2 saturated heterocycles. The van der Waals surface area contributed by atoms with Gasteiger partial charge in [-0.15, -0.1) is 0 Å². The number of likely N-dealkylation sites (tertiary alicyclic amines) is 2. The first-order valence-corrected chi connectivity index (χ1v) is 22.1. The lowest BCUT2D eigenvalue weighted by atomic mass is 10.0. The number of amides is 2. The molecule has 0 spiro atoms. The second kappa shape index (κ2) is 15.8. The van der Waals surface area contributed by atoms with Crippen LogP contribution >= 0.6 is 0 Å². The van der Waals surface area contributed by atoms with Crippen LogP contribution < -0.4 is 9.44 Å². The number of rotatable bonds is 13. The van der Waals surface area contributed by atoms with Crippen molar-refractivity contribution >= 4 is 31.9 Å². The summed E-state index contributed by atoms with van der Waals surface area (Å²) in [6, 6.07) is 14.1. The van der Waals surface area contributed by atoms with Crippen molar-refractivity contribution in [3.8, 4) is 33.6 Å². The molecule has 0 radical (unpaired) electrons. The fourth-order valence-corrected chi connectivity index (χ4v) is 9.05. The third-order valence-electron chi connectivity index (χ3n) is 10.2. The summed E-state index contributed by atoms with van der Waals surface area (Å²) >= 11 is 0. The lowest BCUT2D eigenvalue weighted by Crippen LogP contribution is -2.50. The van der Waals surface area contributed by atoms with Crippen molar-refractivity contribution in [2.24, 2.45) is 11.8 Å². The van der Waals surface area contributed by atoms with Crippen molar-refractivity contribution in [1.29, 1.82) is 0 Å². The predicted octanol–water partition coefficient (Wildman–Crippen LogP) is 4.61. The van der Waals surface area contributed by atoms with Crippen LogP contribution in [-0.2, 0) is 29.6 Å². The molecule has 14 nitrogen and oxygen atoms in total. The molecule has 6 rings (SSSR count). The van der Waals surface area contributed by atoms with Gasteiger partial charge in [-0.05, 0) is 59.8 Å². The highest BCUT2D eigenvalue weighted by molar-refractivity contribution is 7.89. The Morgan fingerprint density at radius 1 is 0.630 bits per heavy atom. The number of sulfonamides is 2. The number of aromatic amines is 2. The minimum absolute atomic E-state index is 0.209. The van der Waals surface area contributed by atoms with Gasteiger partial charge in [-0.1, -0.05) is 76.2 Å². The van der Waals surface area contributed by atoms with Gasteiger partial charge in [0, 0.05) is 13.1 Å². The van der Waals surface area contributed by atoms with E-state index >= 15 is 0 Å². The monoisotopic (exact) mass is 778 g/mol. The Bertz CT molecular complexity index is 2020. The summed E-state index contributed by atoms with van der Waals surface area (Å²) in [5, 5.41) is 0. The first-order valence-electron chi connectivity index (χ1n) is 18.4. The lowest BCUT2D eigenvalue weighted by Gasteiger charge is -2.29. The van der Waals surface area contributed by atoms with Gasteiger partial charge < -0.3 is 19.8 Å². The molecule has 2 aromatic carbocycles. The highest BCUT2D eigenvalue weighted by atomic mass is 32.2.